The van der Waals surface area contributed by atoms with Crippen LogP contribution in [0.2, 0.25) is 0 Å². The molecular weight excluding hydrogens is 430 g/mol. The highest BCUT2D eigenvalue weighted by atomic mass is 32.2. The van der Waals surface area contributed by atoms with Crippen molar-refractivity contribution in [3.63, 3.8) is 0 Å². The molecule has 0 radical (unpaired) electrons. The van der Waals surface area contributed by atoms with Gasteiger partial charge in [-0.25, -0.2) is 0 Å². The van der Waals surface area contributed by atoms with Gasteiger partial charge >= 0.3 is 0 Å². The van der Waals surface area contributed by atoms with Crippen molar-refractivity contribution in [2.45, 2.75) is 25.5 Å². The lowest BCUT2D eigenvalue weighted by Crippen LogP contribution is -2.30. The summed E-state index contributed by atoms with van der Waals surface area (Å²) in [4.78, 5) is 28.2. The molecule has 5 nitrogen and oxygen atoms in total. The van der Waals surface area contributed by atoms with Gasteiger partial charge in [0.2, 0.25) is 5.91 Å². The van der Waals surface area contributed by atoms with Gasteiger partial charge in [0.05, 0.1) is 5.25 Å². The Hall–Kier alpha value is -3.82. The molecule has 1 saturated heterocycles. The number of nitrogens with zero attached hydrogens (tertiary/aromatic N) is 2. The fourth-order valence-electron chi connectivity index (χ4n) is 3.68. The lowest BCUT2D eigenvalue weighted by molar-refractivity contribution is -0.117. The summed E-state index contributed by atoms with van der Waals surface area (Å²) in [5.41, 5.74) is 4.13. The zero-order valence-electron chi connectivity index (χ0n) is 18.4. The van der Waals surface area contributed by atoms with Crippen molar-refractivity contribution in [1.82, 2.24) is 0 Å². The highest BCUT2D eigenvalue weighted by Gasteiger charge is 2.40. The van der Waals surface area contributed by atoms with Crippen LogP contribution < -0.4 is 10.2 Å². The predicted octanol–water partition coefficient (Wildman–Crippen LogP) is 5.37. The van der Waals surface area contributed by atoms with E-state index in [1.807, 2.05) is 80.6 Å². The van der Waals surface area contributed by atoms with Crippen molar-refractivity contribution in [2.75, 3.05) is 10.2 Å². The highest BCUT2D eigenvalue weighted by Crippen LogP contribution is 2.42. The Morgan fingerprint density at radius 3 is 2.36 bits per heavy atom. The number of benzene rings is 3. The van der Waals surface area contributed by atoms with Gasteiger partial charge in [-0.3, -0.25) is 14.5 Å². The van der Waals surface area contributed by atoms with E-state index in [1.165, 1.54) is 16.7 Å². The number of anilines is 2. The number of nitrogens with one attached hydrogen (secondary N) is 1. The molecule has 0 aliphatic carbocycles. The minimum atomic E-state index is -0.525. The monoisotopic (exact) mass is 453 g/mol. The molecule has 0 aromatic heterocycles. The van der Waals surface area contributed by atoms with E-state index in [0.717, 1.165) is 16.7 Å². The molecule has 3 aromatic carbocycles. The number of thioether (sulfide) groups is 1. The van der Waals surface area contributed by atoms with E-state index >= 15 is 0 Å². The quantitative estimate of drug-likeness (QED) is 0.416. The van der Waals surface area contributed by atoms with Crippen molar-refractivity contribution in [3.05, 3.63) is 106 Å². The molecule has 3 aromatic rings. The maximum Gasteiger partial charge on any atom is 0.269 e. The summed E-state index contributed by atoms with van der Waals surface area (Å²) in [5, 5.41) is 12.8. The average molecular weight is 454 g/mol. The van der Waals surface area contributed by atoms with Crippen molar-refractivity contribution >= 4 is 35.0 Å². The minimum Gasteiger partial charge on any atom is -0.321 e. The molecule has 1 unspecified atom stereocenters. The first-order valence-corrected chi connectivity index (χ1v) is 11.5. The summed E-state index contributed by atoms with van der Waals surface area (Å²) in [6, 6.07) is 26.7. The van der Waals surface area contributed by atoms with E-state index in [2.05, 4.69) is 11.4 Å². The minimum absolute atomic E-state index is 0.0753. The van der Waals surface area contributed by atoms with Crippen LogP contribution in [0, 0.1) is 25.2 Å². The van der Waals surface area contributed by atoms with Crippen LogP contribution in [0.4, 0.5) is 11.4 Å². The molecule has 1 atom stereocenters. The van der Waals surface area contributed by atoms with Gasteiger partial charge in [-0.2, -0.15) is 5.26 Å². The Balaban J connectivity index is 1.73. The predicted molar refractivity (Wildman–Crippen MR) is 133 cm³/mol. The molecule has 6 heteroatoms. The summed E-state index contributed by atoms with van der Waals surface area (Å²) in [5.74, 6) is -0.667. The Labute approximate surface area is 197 Å². The lowest BCUT2D eigenvalue weighted by atomic mass is 10.1. The summed E-state index contributed by atoms with van der Waals surface area (Å²) in [6.07, 6.45) is 0.508. The summed E-state index contributed by atoms with van der Waals surface area (Å²) in [6.45, 7) is 3.84. The van der Waals surface area contributed by atoms with Crippen LogP contribution in [0.1, 0.15) is 16.7 Å². The molecule has 4 rings (SSSR count). The third-order valence-corrected chi connectivity index (χ3v) is 6.69. The number of carbonyl (C=O) groups excluding carboxylic acids is 2. The Morgan fingerprint density at radius 2 is 1.70 bits per heavy atom. The van der Waals surface area contributed by atoms with E-state index in [0.29, 0.717) is 22.8 Å². The van der Waals surface area contributed by atoms with Crippen LogP contribution in [-0.4, -0.2) is 17.1 Å². The van der Waals surface area contributed by atoms with Crippen LogP contribution in [0.5, 0.6) is 0 Å². The standard InChI is InChI=1S/C27H23N3O2S/c1-18-13-14-19(2)23(15-18)29-25(31)22(17-28)27-30(21-11-7-4-8-12-21)26(32)24(33-27)16-20-9-5-3-6-10-20/h3-15,24H,16H2,1-2H3,(H,29,31)/b27-22-. The molecule has 2 amide bonds. The molecule has 1 fully saturated rings. The Bertz CT molecular complexity index is 1260. The van der Waals surface area contributed by atoms with Crippen molar-refractivity contribution in [3.8, 4) is 6.07 Å². The second-order valence-corrected chi connectivity index (χ2v) is 9.06. The summed E-state index contributed by atoms with van der Waals surface area (Å²) < 4.78 is 0. The van der Waals surface area contributed by atoms with Gasteiger partial charge < -0.3 is 5.32 Å². The van der Waals surface area contributed by atoms with E-state index in [4.69, 9.17) is 0 Å². The van der Waals surface area contributed by atoms with Gasteiger partial charge in [-0.05, 0) is 55.2 Å². The first-order valence-electron chi connectivity index (χ1n) is 10.6. The summed E-state index contributed by atoms with van der Waals surface area (Å²) >= 11 is 1.27. The second-order valence-electron chi connectivity index (χ2n) is 7.87. The Morgan fingerprint density at radius 1 is 1.03 bits per heavy atom. The van der Waals surface area contributed by atoms with E-state index in [1.54, 1.807) is 12.1 Å². The fraction of sp³-hybridized carbons (Fsp3) is 0.148. The van der Waals surface area contributed by atoms with Gasteiger partial charge in [0.25, 0.3) is 5.91 Å². The van der Waals surface area contributed by atoms with Crippen molar-refractivity contribution in [2.24, 2.45) is 0 Å². The van der Waals surface area contributed by atoms with Gasteiger partial charge in [0.1, 0.15) is 16.7 Å². The number of aryl methyl sites for hydroxylation is 2. The third kappa shape index (κ3) is 4.84. The first-order chi connectivity index (χ1) is 16.0. The molecule has 33 heavy (non-hydrogen) atoms. The first kappa shape index (κ1) is 22.4. The number of hydrogen-bond acceptors (Lipinski definition) is 4. The number of amides is 2. The van der Waals surface area contributed by atoms with Gasteiger partial charge in [-0.1, -0.05) is 72.4 Å². The van der Waals surface area contributed by atoms with E-state index < -0.39 is 11.2 Å². The van der Waals surface area contributed by atoms with Crippen LogP contribution in [-0.2, 0) is 16.0 Å². The smallest absolute Gasteiger partial charge is 0.269 e. The molecular formula is C27H23N3O2S. The van der Waals surface area contributed by atoms with Crippen molar-refractivity contribution < 1.29 is 9.59 Å². The van der Waals surface area contributed by atoms with Crippen LogP contribution in [0.25, 0.3) is 0 Å². The molecule has 0 saturated carbocycles. The summed E-state index contributed by atoms with van der Waals surface area (Å²) in [7, 11) is 0. The number of para-hydroxylation sites is 1. The highest BCUT2D eigenvalue weighted by molar-refractivity contribution is 8.05. The van der Waals surface area contributed by atoms with Crippen LogP contribution in [0.3, 0.4) is 0 Å². The molecule has 0 bridgehead atoms. The average Bonchev–Trinajstić information content (AvgIpc) is 3.13. The number of nitriles is 1. The normalized spacial score (nSPS) is 16.9. The number of rotatable bonds is 5. The zero-order chi connectivity index (χ0) is 23.4. The van der Waals surface area contributed by atoms with Gasteiger partial charge in [0, 0.05) is 11.4 Å². The molecule has 1 heterocycles. The van der Waals surface area contributed by atoms with Gasteiger partial charge in [0.15, 0.2) is 0 Å². The third-order valence-electron chi connectivity index (χ3n) is 5.43. The van der Waals surface area contributed by atoms with Crippen LogP contribution in [0.15, 0.2) is 89.5 Å². The number of carbonyl (C=O) groups is 2. The molecule has 0 spiro atoms. The second kappa shape index (κ2) is 9.76. The number of hydrogen-bond donors (Lipinski definition) is 1. The maximum absolute atomic E-state index is 13.5. The topological polar surface area (TPSA) is 73.2 Å². The maximum atomic E-state index is 13.5. The zero-order valence-corrected chi connectivity index (χ0v) is 19.2. The SMILES string of the molecule is Cc1ccc(C)c(NC(=O)/C(C#N)=C2\SC(Cc3ccccc3)C(=O)N2c2ccccc2)c1. The Kier molecular flexibility index (Phi) is 6.62. The van der Waals surface area contributed by atoms with Crippen LogP contribution >= 0.6 is 11.8 Å². The lowest BCUT2D eigenvalue weighted by Gasteiger charge is -2.19. The van der Waals surface area contributed by atoms with E-state index in [9.17, 15) is 14.9 Å². The fourth-order valence-corrected chi connectivity index (χ4v) is 4.99. The molecule has 164 valence electrons. The molecule has 1 N–H and O–H groups in total. The molecule has 1 aliphatic rings. The molecule has 1 aliphatic heterocycles. The van der Waals surface area contributed by atoms with Crippen molar-refractivity contribution in [1.29, 1.82) is 5.26 Å². The van der Waals surface area contributed by atoms with Gasteiger partial charge in [-0.15, -0.1) is 0 Å². The largest absolute Gasteiger partial charge is 0.321 e. The van der Waals surface area contributed by atoms with E-state index in [-0.39, 0.29) is 11.5 Å².